The van der Waals surface area contributed by atoms with Gasteiger partial charge in [-0.1, -0.05) is 31.0 Å². The van der Waals surface area contributed by atoms with Crippen molar-refractivity contribution < 1.29 is 18.7 Å². The molecule has 0 unspecified atom stereocenters. The number of hydrogen-bond donors (Lipinski definition) is 3. The fourth-order valence-corrected chi connectivity index (χ4v) is 3.01. The highest BCUT2D eigenvalue weighted by atomic mass is 32.1. The van der Waals surface area contributed by atoms with E-state index in [0.717, 1.165) is 5.56 Å². The second-order valence-corrected chi connectivity index (χ2v) is 7.05. The maximum absolute atomic E-state index is 12.9. The van der Waals surface area contributed by atoms with Crippen LogP contribution in [0.5, 0.6) is 5.75 Å². The third-order valence-electron chi connectivity index (χ3n) is 4.50. The molecule has 0 aromatic heterocycles. The number of carbonyl (C=O) groups is 2. The molecule has 2 N–H and O–H groups in total. The molecule has 0 heterocycles. The Morgan fingerprint density at radius 3 is 2.42 bits per heavy atom. The molecule has 0 saturated carbocycles. The Morgan fingerprint density at radius 2 is 1.74 bits per heavy atom. The minimum Gasteiger partial charge on any atom is -0.497 e. The van der Waals surface area contributed by atoms with Crippen LogP contribution in [-0.2, 0) is 6.42 Å². The number of rotatable bonds is 7. The zero-order valence-electron chi connectivity index (χ0n) is 16.8. The highest BCUT2D eigenvalue weighted by Gasteiger charge is 2.12. The molecule has 0 aliphatic carbocycles. The van der Waals surface area contributed by atoms with E-state index in [1.54, 1.807) is 60.7 Å². The summed E-state index contributed by atoms with van der Waals surface area (Å²) in [6, 6.07) is 19.3. The Balaban J connectivity index is 1.52. The number of benzene rings is 3. The Morgan fingerprint density at radius 1 is 1.03 bits per heavy atom. The van der Waals surface area contributed by atoms with Gasteiger partial charge in [0.05, 0.1) is 12.8 Å². The molecule has 3 aromatic carbocycles. The molecule has 0 atom stereocenters. The van der Waals surface area contributed by atoms with E-state index in [4.69, 9.17) is 4.74 Å². The van der Waals surface area contributed by atoms with Crippen LogP contribution in [0.3, 0.4) is 0 Å². The molecule has 31 heavy (non-hydrogen) atoms. The van der Waals surface area contributed by atoms with Gasteiger partial charge < -0.3 is 15.4 Å². The number of carbonyl (C=O) groups excluding carboxylic acids is 2. The standard InChI is InChI=1S/C23H22FN3O3S/c1-30-21-4-2-3-17(15-21)22(28)26-19-9-11-20(12-10-19)27(31)23(29)25-14-13-16-5-7-18(24)8-6-16/h2-12,15,31H,13-14H2,1H3,(H,25,29)(H,26,28). The number of methoxy groups -OCH3 is 1. The Kier molecular flexibility index (Phi) is 7.50. The molecule has 8 heteroatoms. The summed E-state index contributed by atoms with van der Waals surface area (Å²) in [5.41, 5.74) is 2.51. The van der Waals surface area contributed by atoms with Crippen LogP contribution in [0.2, 0.25) is 0 Å². The summed E-state index contributed by atoms with van der Waals surface area (Å²) in [5, 5.41) is 5.55. The van der Waals surface area contributed by atoms with Gasteiger partial charge in [-0.3, -0.25) is 4.79 Å². The number of hydrogen-bond acceptors (Lipinski definition) is 4. The fraction of sp³-hybridized carbons (Fsp3) is 0.130. The smallest absolute Gasteiger partial charge is 0.331 e. The summed E-state index contributed by atoms with van der Waals surface area (Å²) >= 11 is 4.24. The van der Waals surface area contributed by atoms with Gasteiger partial charge in [-0.05, 0) is 66.6 Å². The molecule has 0 bridgehead atoms. The third kappa shape index (κ3) is 6.23. The molecular weight excluding hydrogens is 417 g/mol. The number of ether oxygens (including phenoxy) is 1. The molecule has 0 aliphatic heterocycles. The first kappa shape index (κ1) is 22.2. The number of urea groups is 1. The van der Waals surface area contributed by atoms with Crippen LogP contribution in [0.1, 0.15) is 15.9 Å². The predicted molar refractivity (Wildman–Crippen MR) is 122 cm³/mol. The van der Waals surface area contributed by atoms with E-state index in [2.05, 4.69) is 23.4 Å². The quantitative estimate of drug-likeness (QED) is 0.468. The van der Waals surface area contributed by atoms with Crippen LogP contribution in [0.25, 0.3) is 0 Å². The predicted octanol–water partition coefficient (Wildman–Crippen LogP) is 4.69. The molecule has 3 rings (SSSR count). The maximum atomic E-state index is 12.9. The van der Waals surface area contributed by atoms with Gasteiger partial charge in [0, 0.05) is 17.8 Å². The van der Waals surface area contributed by atoms with Gasteiger partial charge in [0.25, 0.3) is 5.91 Å². The molecule has 0 fully saturated rings. The number of thiol groups is 1. The molecule has 0 radical (unpaired) electrons. The van der Waals surface area contributed by atoms with Crippen LogP contribution in [0.15, 0.2) is 72.8 Å². The first-order chi connectivity index (χ1) is 15.0. The van der Waals surface area contributed by atoms with Gasteiger partial charge in [0.1, 0.15) is 11.6 Å². The number of halogens is 1. The first-order valence-electron chi connectivity index (χ1n) is 9.53. The van der Waals surface area contributed by atoms with Gasteiger partial charge in [-0.2, -0.15) is 0 Å². The van der Waals surface area contributed by atoms with Gasteiger partial charge >= 0.3 is 6.03 Å². The van der Waals surface area contributed by atoms with E-state index in [-0.39, 0.29) is 11.7 Å². The summed E-state index contributed by atoms with van der Waals surface area (Å²) in [5.74, 6) is 0.0320. The Hall–Kier alpha value is -3.52. The van der Waals surface area contributed by atoms with Crippen molar-refractivity contribution in [2.75, 3.05) is 23.3 Å². The first-order valence-corrected chi connectivity index (χ1v) is 9.93. The summed E-state index contributed by atoms with van der Waals surface area (Å²) in [7, 11) is 1.54. The van der Waals surface area contributed by atoms with E-state index in [1.165, 1.54) is 23.5 Å². The lowest BCUT2D eigenvalue weighted by Gasteiger charge is -2.17. The van der Waals surface area contributed by atoms with Crippen molar-refractivity contribution in [2.24, 2.45) is 0 Å². The minimum atomic E-state index is -0.390. The average Bonchev–Trinajstić information content (AvgIpc) is 2.80. The van der Waals surface area contributed by atoms with Crippen LogP contribution in [-0.4, -0.2) is 25.6 Å². The maximum Gasteiger partial charge on any atom is 0.331 e. The SMILES string of the molecule is COc1cccc(C(=O)Nc2ccc(N(S)C(=O)NCCc3ccc(F)cc3)cc2)c1. The van der Waals surface area contributed by atoms with Crippen molar-refractivity contribution in [1.82, 2.24) is 5.32 Å². The second kappa shape index (κ2) is 10.5. The van der Waals surface area contributed by atoms with E-state index < -0.39 is 6.03 Å². The fourth-order valence-electron chi connectivity index (χ4n) is 2.81. The zero-order chi connectivity index (χ0) is 22.2. The van der Waals surface area contributed by atoms with Crippen molar-refractivity contribution >= 4 is 36.1 Å². The van der Waals surface area contributed by atoms with Crippen molar-refractivity contribution in [1.29, 1.82) is 0 Å². The molecule has 3 amide bonds. The average molecular weight is 440 g/mol. The normalized spacial score (nSPS) is 10.3. The lowest BCUT2D eigenvalue weighted by Crippen LogP contribution is -2.35. The monoisotopic (exact) mass is 439 g/mol. The number of nitrogens with one attached hydrogen (secondary N) is 2. The van der Waals surface area contributed by atoms with Gasteiger partial charge in [-0.15, -0.1) is 0 Å². The van der Waals surface area contributed by atoms with Gasteiger partial charge in [-0.25, -0.2) is 13.5 Å². The van der Waals surface area contributed by atoms with Gasteiger partial charge in [0.15, 0.2) is 0 Å². The highest BCUT2D eigenvalue weighted by Crippen LogP contribution is 2.21. The van der Waals surface area contributed by atoms with E-state index in [9.17, 15) is 14.0 Å². The largest absolute Gasteiger partial charge is 0.497 e. The van der Waals surface area contributed by atoms with E-state index in [1.807, 2.05) is 0 Å². The van der Waals surface area contributed by atoms with Crippen molar-refractivity contribution in [2.45, 2.75) is 6.42 Å². The minimum absolute atomic E-state index is 0.270. The van der Waals surface area contributed by atoms with E-state index in [0.29, 0.717) is 35.7 Å². The van der Waals surface area contributed by atoms with E-state index >= 15 is 0 Å². The van der Waals surface area contributed by atoms with Crippen molar-refractivity contribution in [3.8, 4) is 5.75 Å². The van der Waals surface area contributed by atoms with Crippen LogP contribution in [0, 0.1) is 5.82 Å². The topological polar surface area (TPSA) is 70.7 Å². The molecule has 0 spiro atoms. The van der Waals surface area contributed by atoms with Crippen molar-refractivity contribution in [3.63, 3.8) is 0 Å². The lowest BCUT2D eigenvalue weighted by molar-refractivity contribution is 0.102. The molecular formula is C23H22FN3O3S. The summed E-state index contributed by atoms with van der Waals surface area (Å²) < 4.78 is 19.2. The molecule has 0 saturated heterocycles. The highest BCUT2D eigenvalue weighted by molar-refractivity contribution is 7.82. The number of amides is 3. The number of nitrogens with zero attached hydrogens (tertiary/aromatic N) is 1. The Bertz CT molecular complexity index is 1040. The lowest BCUT2D eigenvalue weighted by atomic mass is 10.1. The molecule has 6 nitrogen and oxygen atoms in total. The van der Waals surface area contributed by atoms with Crippen LogP contribution < -0.4 is 19.7 Å². The third-order valence-corrected chi connectivity index (χ3v) is 4.91. The molecule has 160 valence electrons. The molecule has 0 aliphatic rings. The van der Waals surface area contributed by atoms with Gasteiger partial charge in [0.2, 0.25) is 0 Å². The Labute approximate surface area is 185 Å². The zero-order valence-corrected chi connectivity index (χ0v) is 17.7. The summed E-state index contributed by atoms with van der Waals surface area (Å²) in [6.07, 6.45) is 0.572. The second-order valence-electron chi connectivity index (χ2n) is 6.65. The van der Waals surface area contributed by atoms with Crippen molar-refractivity contribution in [3.05, 3.63) is 89.7 Å². The summed E-state index contributed by atoms with van der Waals surface area (Å²) in [4.78, 5) is 24.7. The molecule has 3 aromatic rings. The number of anilines is 2. The van der Waals surface area contributed by atoms with Crippen LogP contribution in [0.4, 0.5) is 20.6 Å². The summed E-state index contributed by atoms with van der Waals surface area (Å²) in [6.45, 7) is 0.385. The van der Waals surface area contributed by atoms with Crippen LogP contribution >= 0.6 is 12.8 Å².